The summed E-state index contributed by atoms with van der Waals surface area (Å²) < 4.78 is 0. The van der Waals surface area contributed by atoms with Gasteiger partial charge in [0.1, 0.15) is 5.92 Å². The normalized spacial score (nSPS) is 28.5. The third kappa shape index (κ3) is 2.05. The van der Waals surface area contributed by atoms with E-state index in [4.69, 9.17) is 5.41 Å². The molecule has 112 valence electrons. The van der Waals surface area contributed by atoms with Crippen LogP contribution >= 0.6 is 0 Å². The van der Waals surface area contributed by atoms with Crippen molar-refractivity contribution >= 4 is 5.71 Å². The third-order valence-electron chi connectivity index (χ3n) is 4.93. The van der Waals surface area contributed by atoms with Gasteiger partial charge in [-0.25, -0.2) is 0 Å². The molecule has 1 saturated carbocycles. The lowest BCUT2D eigenvalue weighted by atomic mass is 9.54. The summed E-state index contributed by atoms with van der Waals surface area (Å²) in [7, 11) is 0. The smallest absolute Gasteiger partial charge is 0.189 e. The number of hydrogen-bond donors (Lipinski definition) is 2. The molecule has 2 aliphatic rings. The molecule has 1 aromatic rings. The molecule has 3 rings (SSSR count). The van der Waals surface area contributed by atoms with Crippen LogP contribution in [-0.4, -0.2) is 18.8 Å². The van der Waals surface area contributed by atoms with E-state index in [-0.39, 0.29) is 11.6 Å². The van der Waals surface area contributed by atoms with Crippen LogP contribution in [0.15, 0.2) is 42.0 Å². The fourth-order valence-corrected chi connectivity index (χ4v) is 3.87. The van der Waals surface area contributed by atoms with Crippen LogP contribution in [0.5, 0.6) is 0 Å². The standard InChI is InChI=1S/C18H15N5/c19-8-14-13-6-7-23-9-15(13)16(12-4-2-1-3-5-12)18(10-20,11-21)17(14)22/h1-6,14-16,22-23H,7,9H2/p+1/t14-,15+,16-/m0/s1. The summed E-state index contributed by atoms with van der Waals surface area (Å²) in [4.78, 5) is 0. The summed E-state index contributed by atoms with van der Waals surface area (Å²) in [5.41, 5.74) is 0.107. The average molecular weight is 302 g/mol. The van der Waals surface area contributed by atoms with E-state index in [1.54, 1.807) is 0 Å². The monoisotopic (exact) mass is 302 g/mol. The lowest BCUT2D eigenvalue weighted by Gasteiger charge is -2.44. The Morgan fingerprint density at radius 3 is 2.43 bits per heavy atom. The summed E-state index contributed by atoms with van der Waals surface area (Å²) in [6, 6.07) is 15.8. The fourth-order valence-electron chi connectivity index (χ4n) is 3.87. The van der Waals surface area contributed by atoms with Crippen LogP contribution in [-0.2, 0) is 0 Å². The molecule has 5 heteroatoms. The van der Waals surface area contributed by atoms with Gasteiger partial charge in [0.25, 0.3) is 0 Å². The van der Waals surface area contributed by atoms with Gasteiger partial charge in [-0.1, -0.05) is 30.3 Å². The van der Waals surface area contributed by atoms with Crippen molar-refractivity contribution in [2.24, 2.45) is 17.3 Å². The number of fused-ring (bicyclic) bond motifs is 1. The predicted molar refractivity (Wildman–Crippen MR) is 82.9 cm³/mol. The highest BCUT2D eigenvalue weighted by molar-refractivity contribution is 6.00. The van der Waals surface area contributed by atoms with Crippen molar-refractivity contribution in [2.45, 2.75) is 5.92 Å². The first-order valence-corrected chi connectivity index (χ1v) is 7.57. The highest BCUT2D eigenvalue weighted by Crippen LogP contribution is 2.52. The summed E-state index contributed by atoms with van der Waals surface area (Å²) in [5, 5.41) is 39.7. The first-order valence-electron chi connectivity index (χ1n) is 7.57. The van der Waals surface area contributed by atoms with Crippen molar-refractivity contribution < 1.29 is 5.32 Å². The molecule has 1 aliphatic heterocycles. The average Bonchev–Trinajstić information content (AvgIpc) is 2.61. The zero-order chi connectivity index (χ0) is 16.4. The van der Waals surface area contributed by atoms with Crippen molar-refractivity contribution in [3.05, 3.63) is 47.5 Å². The van der Waals surface area contributed by atoms with Crippen molar-refractivity contribution in [1.29, 1.82) is 21.2 Å². The number of quaternary nitrogens is 1. The quantitative estimate of drug-likeness (QED) is 0.757. The molecule has 1 fully saturated rings. The van der Waals surface area contributed by atoms with Gasteiger partial charge < -0.3 is 10.7 Å². The Bertz CT molecular complexity index is 773. The largest absolute Gasteiger partial charge is 0.342 e. The zero-order valence-electron chi connectivity index (χ0n) is 12.5. The van der Waals surface area contributed by atoms with Crippen LogP contribution in [0.1, 0.15) is 11.5 Å². The molecular weight excluding hydrogens is 286 g/mol. The summed E-state index contributed by atoms with van der Waals surface area (Å²) in [6.07, 6.45) is 1.99. The molecule has 0 amide bonds. The minimum atomic E-state index is -1.59. The second-order valence-electron chi connectivity index (χ2n) is 5.97. The molecule has 0 bridgehead atoms. The molecule has 1 aromatic carbocycles. The SMILES string of the molecule is N#C[C@@H]1C(=N)C(C#N)(C#N)[C@@H](c2ccccc2)[C@@H]2C[NH2+]CC=C12. The second-order valence-corrected chi connectivity index (χ2v) is 5.97. The van der Waals surface area contributed by atoms with Crippen molar-refractivity contribution in [2.75, 3.05) is 13.1 Å². The van der Waals surface area contributed by atoms with E-state index < -0.39 is 17.3 Å². The molecule has 1 heterocycles. The van der Waals surface area contributed by atoms with E-state index >= 15 is 0 Å². The molecule has 1 aliphatic carbocycles. The molecule has 3 N–H and O–H groups in total. The van der Waals surface area contributed by atoms with Crippen LogP contribution in [0.25, 0.3) is 0 Å². The van der Waals surface area contributed by atoms with Crippen molar-refractivity contribution in [3.8, 4) is 18.2 Å². The van der Waals surface area contributed by atoms with Gasteiger partial charge in [-0.05, 0) is 17.2 Å². The molecule has 0 radical (unpaired) electrons. The Labute approximate surface area is 135 Å². The van der Waals surface area contributed by atoms with Crippen molar-refractivity contribution in [3.63, 3.8) is 0 Å². The molecule has 0 aromatic heterocycles. The van der Waals surface area contributed by atoms with Crippen LogP contribution in [0, 0.1) is 56.7 Å². The van der Waals surface area contributed by atoms with E-state index in [1.165, 1.54) is 0 Å². The van der Waals surface area contributed by atoms with E-state index in [1.807, 2.05) is 36.4 Å². The predicted octanol–water partition coefficient (Wildman–Crippen LogP) is 1.10. The molecule has 3 atom stereocenters. The number of hydrogen-bond acceptors (Lipinski definition) is 4. The van der Waals surface area contributed by atoms with Gasteiger partial charge in [0.2, 0.25) is 0 Å². The number of benzene rings is 1. The number of rotatable bonds is 1. The first kappa shape index (κ1) is 15.0. The van der Waals surface area contributed by atoms with Crippen LogP contribution in [0.4, 0.5) is 0 Å². The number of nitrogens with two attached hydrogens (primary N) is 1. The molecule has 0 saturated heterocycles. The van der Waals surface area contributed by atoms with E-state index in [0.717, 1.165) is 24.2 Å². The van der Waals surface area contributed by atoms with E-state index in [0.29, 0.717) is 0 Å². The maximum atomic E-state index is 9.79. The van der Waals surface area contributed by atoms with E-state index in [9.17, 15) is 15.8 Å². The highest BCUT2D eigenvalue weighted by Gasteiger charge is 2.57. The highest BCUT2D eigenvalue weighted by atomic mass is 14.9. The minimum Gasteiger partial charge on any atom is -0.342 e. The summed E-state index contributed by atoms with van der Waals surface area (Å²) in [6.45, 7) is 1.49. The van der Waals surface area contributed by atoms with Gasteiger partial charge in [0.05, 0.1) is 37.0 Å². The van der Waals surface area contributed by atoms with Crippen LogP contribution < -0.4 is 5.32 Å². The molecule has 0 unspecified atom stereocenters. The number of nitriles is 3. The summed E-state index contributed by atoms with van der Waals surface area (Å²) >= 11 is 0. The molecule has 5 nitrogen and oxygen atoms in total. The maximum Gasteiger partial charge on any atom is 0.189 e. The Hall–Kier alpha value is -2.94. The molecular formula is C18H16N5+. The van der Waals surface area contributed by atoms with Gasteiger partial charge in [-0.2, -0.15) is 15.8 Å². The first-order chi connectivity index (χ1) is 11.2. The Morgan fingerprint density at radius 1 is 1.13 bits per heavy atom. The zero-order valence-corrected chi connectivity index (χ0v) is 12.5. The van der Waals surface area contributed by atoms with Crippen molar-refractivity contribution in [1.82, 2.24) is 0 Å². The molecule has 0 spiro atoms. The topological polar surface area (TPSA) is 112 Å². The third-order valence-corrected chi connectivity index (χ3v) is 4.93. The van der Waals surface area contributed by atoms with Gasteiger partial charge in [-0.15, -0.1) is 0 Å². The Balaban J connectivity index is 2.26. The van der Waals surface area contributed by atoms with Gasteiger partial charge in [0.15, 0.2) is 5.41 Å². The number of nitrogens with zero attached hydrogens (tertiary/aromatic N) is 3. The Morgan fingerprint density at radius 2 is 1.83 bits per heavy atom. The summed E-state index contributed by atoms with van der Waals surface area (Å²) in [5.74, 6) is -1.27. The van der Waals surface area contributed by atoms with Gasteiger partial charge in [0, 0.05) is 11.8 Å². The van der Waals surface area contributed by atoms with Crippen LogP contribution in [0.3, 0.4) is 0 Å². The lowest BCUT2D eigenvalue weighted by Crippen LogP contribution is -2.87. The maximum absolute atomic E-state index is 9.79. The Kier molecular flexibility index (Phi) is 3.70. The second kappa shape index (κ2) is 5.69. The minimum absolute atomic E-state index is 0.0794. The number of nitrogens with one attached hydrogen (secondary N) is 1. The lowest BCUT2D eigenvalue weighted by molar-refractivity contribution is -0.654. The van der Waals surface area contributed by atoms with Crippen LogP contribution in [0.2, 0.25) is 0 Å². The fraction of sp³-hybridized carbons (Fsp3) is 0.333. The molecule has 23 heavy (non-hydrogen) atoms. The van der Waals surface area contributed by atoms with Gasteiger partial charge in [-0.3, -0.25) is 0 Å². The van der Waals surface area contributed by atoms with Gasteiger partial charge >= 0.3 is 0 Å². The van der Waals surface area contributed by atoms with E-state index in [2.05, 4.69) is 23.5 Å².